The van der Waals surface area contributed by atoms with E-state index < -0.39 is 0 Å². The summed E-state index contributed by atoms with van der Waals surface area (Å²) in [4.78, 5) is 12.0. The number of aryl methyl sites for hydroxylation is 1. The van der Waals surface area contributed by atoms with Crippen LogP contribution in [0.25, 0.3) is 0 Å². The smallest absolute Gasteiger partial charge is 0.257 e. The third kappa shape index (κ3) is 5.82. The van der Waals surface area contributed by atoms with E-state index in [2.05, 4.69) is 19.2 Å². The largest absolute Gasteiger partial charge is 0.496 e. The van der Waals surface area contributed by atoms with Crippen molar-refractivity contribution < 1.29 is 14.3 Å². The van der Waals surface area contributed by atoms with Crippen LogP contribution in [0.5, 0.6) is 11.5 Å². The molecule has 0 aliphatic rings. The van der Waals surface area contributed by atoms with Crippen LogP contribution in [0.4, 0.5) is 0 Å². The molecule has 0 aliphatic carbocycles. The first-order valence-electron chi connectivity index (χ1n) is 8.72. The summed E-state index contributed by atoms with van der Waals surface area (Å²) >= 11 is 0. The molecule has 4 heteroatoms. The lowest BCUT2D eigenvalue weighted by molar-refractivity contribution is -0.123. The standard InChI is InChI=1S/C21H27NO3/c1-16(2)18-11-5-7-13-20(18)25-15-21(23)22-14-8-10-17-9-4-6-12-19(17)24-3/h4-7,9,11-13,16H,8,10,14-15H2,1-3H3,(H,22,23). The van der Waals surface area contributed by atoms with E-state index in [0.29, 0.717) is 12.5 Å². The Kier molecular flexibility index (Phi) is 7.33. The van der Waals surface area contributed by atoms with Gasteiger partial charge in [-0.2, -0.15) is 0 Å². The van der Waals surface area contributed by atoms with Gasteiger partial charge in [0.1, 0.15) is 11.5 Å². The number of nitrogens with one attached hydrogen (secondary N) is 1. The van der Waals surface area contributed by atoms with Crippen molar-refractivity contribution >= 4 is 5.91 Å². The molecule has 0 bridgehead atoms. The first-order chi connectivity index (χ1) is 12.1. The maximum absolute atomic E-state index is 12.0. The van der Waals surface area contributed by atoms with E-state index in [0.717, 1.165) is 35.5 Å². The van der Waals surface area contributed by atoms with Crippen molar-refractivity contribution in [3.05, 3.63) is 59.7 Å². The molecule has 0 spiro atoms. The van der Waals surface area contributed by atoms with Gasteiger partial charge >= 0.3 is 0 Å². The van der Waals surface area contributed by atoms with E-state index in [-0.39, 0.29) is 12.5 Å². The molecular formula is C21H27NO3. The van der Waals surface area contributed by atoms with Crippen LogP contribution in [0.3, 0.4) is 0 Å². The summed E-state index contributed by atoms with van der Waals surface area (Å²) < 4.78 is 11.0. The van der Waals surface area contributed by atoms with Crippen LogP contribution in [0.2, 0.25) is 0 Å². The average molecular weight is 341 g/mol. The van der Waals surface area contributed by atoms with E-state index in [9.17, 15) is 4.79 Å². The fraction of sp³-hybridized carbons (Fsp3) is 0.381. The van der Waals surface area contributed by atoms with Crippen LogP contribution >= 0.6 is 0 Å². The predicted molar refractivity (Wildman–Crippen MR) is 100 cm³/mol. The summed E-state index contributed by atoms with van der Waals surface area (Å²) in [6.07, 6.45) is 1.72. The second-order valence-electron chi connectivity index (χ2n) is 6.25. The van der Waals surface area contributed by atoms with Gasteiger partial charge in [-0.25, -0.2) is 0 Å². The molecule has 2 aromatic carbocycles. The average Bonchev–Trinajstić information content (AvgIpc) is 2.64. The molecule has 0 heterocycles. The van der Waals surface area contributed by atoms with E-state index in [1.165, 1.54) is 0 Å². The number of benzene rings is 2. The summed E-state index contributed by atoms with van der Waals surface area (Å²) in [5.74, 6) is 1.93. The Morgan fingerprint density at radius 2 is 1.72 bits per heavy atom. The molecule has 4 nitrogen and oxygen atoms in total. The fourth-order valence-corrected chi connectivity index (χ4v) is 2.70. The number of para-hydroxylation sites is 2. The highest BCUT2D eigenvalue weighted by molar-refractivity contribution is 5.77. The van der Waals surface area contributed by atoms with Crippen molar-refractivity contribution in [3.63, 3.8) is 0 Å². The number of hydrogen-bond donors (Lipinski definition) is 1. The lowest BCUT2D eigenvalue weighted by Gasteiger charge is -2.13. The Hall–Kier alpha value is -2.49. The molecule has 0 radical (unpaired) electrons. The highest BCUT2D eigenvalue weighted by Gasteiger charge is 2.09. The van der Waals surface area contributed by atoms with E-state index in [1.54, 1.807) is 7.11 Å². The summed E-state index contributed by atoms with van der Waals surface area (Å²) in [5.41, 5.74) is 2.27. The SMILES string of the molecule is COc1ccccc1CCCNC(=O)COc1ccccc1C(C)C. The minimum absolute atomic E-state index is 0.0401. The zero-order valence-electron chi connectivity index (χ0n) is 15.2. The molecule has 0 aliphatic heterocycles. The van der Waals surface area contributed by atoms with Gasteiger partial charge in [-0.15, -0.1) is 0 Å². The third-order valence-electron chi connectivity index (χ3n) is 4.04. The molecule has 0 aromatic heterocycles. The molecule has 0 saturated heterocycles. The van der Waals surface area contributed by atoms with Gasteiger partial charge in [0.2, 0.25) is 0 Å². The van der Waals surface area contributed by atoms with Gasteiger partial charge in [-0.1, -0.05) is 50.2 Å². The molecule has 134 valence electrons. The predicted octanol–water partition coefficient (Wildman–Crippen LogP) is 3.95. The third-order valence-corrected chi connectivity index (χ3v) is 4.04. The molecule has 2 rings (SSSR count). The summed E-state index contributed by atoms with van der Waals surface area (Å²) in [6, 6.07) is 15.8. The zero-order valence-corrected chi connectivity index (χ0v) is 15.2. The quantitative estimate of drug-likeness (QED) is 0.703. The van der Waals surface area contributed by atoms with Crippen LogP contribution in [0, 0.1) is 0 Å². The van der Waals surface area contributed by atoms with Crippen molar-refractivity contribution in [2.75, 3.05) is 20.3 Å². The van der Waals surface area contributed by atoms with Crippen LogP contribution in [-0.4, -0.2) is 26.2 Å². The van der Waals surface area contributed by atoms with Crippen molar-refractivity contribution in [1.29, 1.82) is 0 Å². The fourth-order valence-electron chi connectivity index (χ4n) is 2.70. The lowest BCUT2D eigenvalue weighted by atomic mass is 10.0. The molecule has 0 unspecified atom stereocenters. The Morgan fingerprint density at radius 1 is 1.04 bits per heavy atom. The molecular weight excluding hydrogens is 314 g/mol. The number of hydrogen-bond acceptors (Lipinski definition) is 3. The Bertz CT molecular complexity index is 682. The number of carbonyl (C=O) groups excluding carboxylic acids is 1. The van der Waals surface area contributed by atoms with Crippen molar-refractivity contribution in [3.8, 4) is 11.5 Å². The Morgan fingerprint density at radius 3 is 2.44 bits per heavy atom. The van der Waals surface area contributed by atoms with Gasteiger partial charge in [-0.3, -0.25) is 4.79 Å². The second-order valence-corrected chi connectivity index (χ2v) is 6.25. The molecule has 0 saturated carbocycles. The highest BCUT2D eigenvalue weighted by atomic mass is 16.5. The number of ether oxygens (including phenoxy) is 2. The normalized spacial score (nSPS) is 10.6. The summed E-state index contributed by atoms with van der Waals surface area (Å²) in [7, 11) is 1.67. The molecule has 1 N–H and O–H groups in total. The van der Waals surface area contributed by atoms with E-state index in [4.69, 9.17) is 9.47 Å². The van der Waals surface area contributed by atoms with E-state index >= 15 is 0 Å². The number of amides is 1. The van der Waals surface area contributed by atoms with E-state index in [1.807, 2.05) is 48.5 Å². The van der Waals surface area contributed by atoms with Crippen molar-refractivity contribution in [2.24, 2.45) is 0 Å². The van der Waals surface area contributed by atoms with Crippen LogP contribution in [0.1, 0.15) is 37.3 Å². The zero-order chi connectivity index (χ0) is 18.1. The van der Waals surface area contributed by atoms with Crippen molar-refractivity contribution in [2.45, 2.75) is 32.6 Å². The Balaban J connectivity index is 1.73. The lowest BCUT2D eigenvalue weighted by Crippen LogP contribution is -2.30. The van der Waals surface area contributed by atoms with Gasteiger partial charge < -0.3 is 14.8 Å². The van der Waals surface area contributed by atoms with Crippen LogP contribution in [0.15, 0.2) is 48.5 Å². The number of carbonyl (C=O) groups is 1. The number of rotatable bonds is 9. The molecule has 1 amide bonds. The van der Waals surface area contributed by atoms with Gasteiger partial charge in [0, 0.05) is 6.54 Å². The minimum Gasteiger partial charge on any atom is -0.496 e. The first-order valence-corrected chi connectivity index (χ1v) is 8.72. The molecule has 0 fully saturated rings. The molecule has 25 heavy (non-hydrogen) atoms. The minimum atomic E-state index is -0.0985. The Labute approximate surface area is 150 Å². The topological polar surface area (TPSA) is 47.6 Å². The first kappa shape index (κ1) is 18.8. The van der Waals surface area contributed by atoms with Crippen molar-refractivity contribution in [1.82, 2.24) is 5.32 Å². The number of methoxy groups -OCH3 is 1. The van der Waals surface area contributed by atoms with Gasteiger partial charge in [-0.05, 0) is 42.0 Å². The van der Waals surface area contributed by atoms with Gasteiger partial charge in [0.25, 0.3) is 5.91 Å². The van der Waals surface area contributed by atoms with Crippen LogP contribution < -0.4 is 14.8 Å². The summed E-state index contributed by atoms with van der Waals surface area (Å²) in [5, 5.41) is 2.90. The van der Waals surface area contributed by atoms with Gasteiger partial charge in [0.15, 0.2) is 6.61 Å². The maximum atomic E-state index is 12.0. The highest BCUT2D eigenvalue weighted by Crippen LogP contribution is 2.25. The van der Waals surface area contributed by atoms with Gasteiger partial charge in [0.05, 0.1) is 7.11 Å². The summed E-state index contributed by atoms with van der Waals surface area (Å²) in [6.45, 7) is 4.88. The van der Waals surface area contributed by atoms with Crippen LogP contribution in [-0.2, 0) is 11.2 Å². The molecule has 0 atom stereocenters. The molecule has 2 aromatic rings. The second kappa shape index (κ2) is 9.72. The maximum Gasteiger partial charge on any atom is 0.257 e. The monoisotopic (exact) mass is 341 g/mol.